The van der Waals surface area contributed by atoms with Gasteiger partial charge in [0.15, 0.2) is 37.6 Å². The van der Waals surface area contributed by atoms with Gasteiger partial charge in [-0.25, -0.2) is 0 Å². The van der Waals surface area contributed by atoms with Crippen molar-refractivity contribution in [2.75, 3.05) is 33.0 Å². The van der Waals surface area contributed by atoms with Gasteiger partial charge in [0.1, 0.15) is 121 Å². The van der Waals surface area contributed by atoms with Crippen LogP contribution in [0.2, 0.25) is 0 Å². The Morgan fingerprint density at radius 1 is 0.485 bits per heavy atom. The number of carbonyl (C=O) groups excluding carboxylic acids is 1. The number of aliphatic hydroxyl groups excluding tert-OH is 20. The molecule has 97 heavy (non-hydrogen) atoms. The van der Waals surface area contributed by atoms with Gasteiger partial charge < -0.3 is 159 Å². The summed E-state index contributed by atoms with van der Waals surface area (Å²) in [6.45, 7) is 11.0. The lowest BCUT2D eigenvalue weighted by Gasteiger charge is -2.73. The third-order valence-electron chi connectivity index (χ3n) is 24.8. The Morgan fingerprint density at radius 3 is 1.66 bits per heavy atom. The average Bonchev–Trinajstić information content (AvgIpc) is 0.664. The number of aliphatic hydroxyl groups is 20. The molecule has 5 aliphatic carbocycles. The Bertz CT molecular complexity index is 2750. The summed E-state index contributed by atoms with van der Waals surface area (Å²) in [5.74, 6) is -2.91. The SMILES string of the molecule is C[C@@H]1O[C@@H](O[C@@H]2[C@@H](O)[C@H](O[C@@H]3[C@@H](O)[C@@H](O)[C@H](O[C@H]4[C@H](OC(=O)[C@]56CCC(C)(C)C[C@H]5C5=CC[C@@H]7[C@@]8(C)C[C@H](O)[C@H](O[C@@H]9O[C@H](CO)[C@@H](O)[C@H](O[C@@H]%10O[C@H](CO)[C@@H](O)[C@H](O)[C@H]%10O)[C@H]9O)[C@@](C)(CO)[C@@H]8[C@H](O)C[C@@]7(C)[C@]5(C)C[C@H]6O)OC[C@H](O)[C@@H]4O)O[C@H]3C)OC[C@H]2O)[C@H](O)[C@H](O)[C@H]1O. The summed E-state index contributed by atoms with van der Waals surface area (Å²) >= 11 is 0. The van der Waals surface area contributed by atoms with Crippen molar-refractivity contribution in [3.63, 3.8) is 0 Å². The van der Waals surface area contributed by atoms with E-state index in [4.69, 9.17) is 56.8 Å². The fraction of sp³-hybridized carbons (Fsp3) is 0.953. The van der Waals surface area contributed by atoms with Crippen LogP contribution in [0.3, 0.4) is 0 Å². The van der Waals surface area contributed by atoms with Crippen molar-refractivity contribution in [2.45, 2.75) is 297 Å². The van der Waals surface area contributed by atoms with Gasteiger partial charge in [0, 0.05) is 11.3 Å². The molecule has 0 radical (unpaired) electrons. The lowest BCUT2D eigenvalue weighted by atomic mass is 9.32. The van der Waals surface area contributed by atoms with E-state index >= 15 is 4.79 Å². The fourth-order valence-electron chi connectivity index (χ4n) is 19.2. The number of hydrogen-bond donors (Lipinski definition) is 20. The summed E-state index contributed by atoms with van der Waals surface area (Å²) in [5, 5.41) is 224. The zero-order valence-corrected chi connectivity index (χ0v) is 55.5. The van der Waals surface area contributed by atoms with Crippen LogP contribution in [-0.4, -0.2) is 338 Å². The highest BCUT2D eigenvalue weighted by Crippen LogP contribution is 2.76. The van der Waals surface area contributed by atoms with E-state index in [1.54, 1.807) is 6.92 Å². The third-order valence-corrected chi connectivity index (χ3v) is 24.8. The largest absolute Gasteiger partial charge is 0.432 e. The van der Waals surface area contributed by atoms with E-state index in [2.05, 4.69) is 6.08 Å². The van der Waals surface area contributed by atoms with Gasteiger partial charge in [-0.2, -0.15) is 0 Å². The topological polar surface area (TPSA) is 532 Å². The monoisotopic (exact) mass is 1400 g/mol. The molecule has 33 nitrogen and oxygen atoms in total. The zero-order valence-electron chi connectivity index (χ0n) is 55.5. The molecule has 40 atom stereocenters. The number of ether oxygens (including phenoxy) is 12. The molecule has 0 aromatic rings. The van der Waals surface area contributed by atoms with Crippen LogP contribution in [0.25, 0.3) is 0 Å². The van der Waals surface area contributed by atoms with Crippen LogP contribution in [-0.2, 0) is 61.6 Å². The summed E-state index contributed by atoms with van der Waals surface area (Å²) in [6.07, 6.45) is -50.1. The minimum absolute atomic E-state index is 0.0460. The van der Waals surface area contributed by atoms with Crippen LogP contribution >= 0.6 is 0 Å². The summed E-state index contributed by atoms with van der Waals surface area (Å²) in [6, 6.07) is 0. The van der Waals surface area contributed by atoms with E-state index in [0.29, 0.717) is 19.3 Å². The van der Waals surface area contributed by atoms with Crippen LogP contribution in [0.5, 0.6) is 0 Å². The second kappa shape index (κ2) is 28.1. The van der Waals surface area contributed by atoms with Gasteiger partial charge in [-0.3, -0.25) is 4.79 Å². The first-order chi connectivity index (χ1) is 45.4. The minimum atomic E-state index is -2.03. The van der Waals surface area contributed by atoms with E-state index in [0.717, 1.165) is 5.57 Å². The molecule has 0 spiro atoms. The lowest BCUT2D eigenvalue weighted by Crippen LogP contribution is -2.73. The van der Waals surface area contributed by atoms with Crippen LogP contribution < -0.4 is 0 Å². The van der Waals surface area contributed by atoms with Crippen LogP contribution in [0.15, 0.2) is 11.6 Å². The highest BCUT2D eigenvalue weighted by molar-refractivity contribution is 5.80. The molecule has 0 aromatic carbocycles. The molecule has 4 saturated carbocycles. The minimum Gasteiger partial charge on any atom is -0.432 e. The summed E-state index contributed by atoms with van der Waals surface area (Å²) in [7, 11) is 0. The molecule has 10 fully saturated rings. The highest BCUT2D eigenvalue weighted by atomic mass is 16.8. The Hall–Kier alpha value is -2.03. The summed E-state index contributed by atoms with van der Waals surface area (Å²) in [4.78, 5) is 15.6. The van der Waals surface area contributed by atoms with Crippen molar-refractivity contribution in [1.29, 1.82) is 0 Å². The van der Waals surface area contributed by atoms with Crippen molar-refractivity contribution in [1.82, 2.24) is 0 Å². The van der Waals surface area contributed by atoms with Gasteiger partial charge in [-0.15, -0.1) is 0 Å². The maximum atomic E-state index is 15.6. The van der Waals surface area contributed by atoms with Crippen molar-refractivity contribution < 1.29 is 164 Å². The van der Waals surface area contributed by atoms with E-state index in [9.17, 15) is 102 Å². The van der Waals surface area contributed by atoms with Crippen molar-refractivity contribution in [3.8, 4) is 0 Å². The first-order valence-electron chi connectivity index (χ1n) is 33.8. The number of esters is 1. The van der Waals surface area contributed by atoms with Gasteiger partial charge in [0.25, 0.3) is 0 Å². The molecular formula is C64H104O33. The Labute approximate surface area is 559 Å². The van der Waals surface area contributed by atoms with E-state index < -0.39 is 286 Å². The van der Waals surface area contributed by atoms with Crippen LogP contribution in [0, 0.1) is 50.2 Å². The molecule has 20 N–H and O–H groups in total. The Balaban J connectivity index is 0.804. The van der Waals surface area contributed by atoms with E-state index in [1.165, 1.54) is 13.8 Å². The first-order valence-corrected chi connectivity index (χ1v) is 33.8. The predicted molar refractivity (Wildman–Crippen MR) is 319 cm³/mol. The number of carbonyl (C=O) groups is 1. The van der Waals surface area contributed by atoms with Gasteiger partial charge in [0.2, 0.25) is 6.29 Å². The molecule has 0 unspecified atom stereocenters. The standard InChI is InChI=1S/C64H104O33/c1-22-34(73)38(77)41(80)53(88-22)93-47-29(71)20-86-52(44(47)83)92-46-23(2)89-54(43(82)40(46)79)95-49-35(74)28(70)19-87-57(49)97-58(85)64-12-11-59(3,4)13-25(64)24-9-10-32-60(5)14-27(69)51(61(6,21-67)50(60)26(68)15-63(32,8)62(24,7)16-33(64)72)96-56-45(84)48(37(76)31(18-66)91-56)94-55-42(81)39(78)36(75)30(17-65)90-55/h9,22-23,25-57,65-84H,10-21H2,1-8H3/t22-,23-,25-,26+,27-,28-,29+,30+,31+,32+,33+,34-,35-,36+,37+,38+,39-,40-,41+,42+,43+,44+,45+,46-,47-,48-,49+,50+,51-,52-,53-,54-,55-,56-,57-,60+,61-,62+,63+,64+/m0/s1. The third kappa shape index (κ3) is 12.7. The molecule has 11 rings (SSSR count). The molecule has 6 saturated heterocycles. The summed E-state index contributed by atoms with van der Waals surface area (Å²) in [5.41, 5.74) is -5.76. The predicted octanol–water partition coefficient (Wildman–Crippen LogP) is -7.17. The number of allylic oxidation sites excluding steroid dienone is 2. The molecule has 6 aliphatic heterocycles. The average molecular weight is 1400 g/mol. The maximum absolute atomic E-state index is 15.6. The molecule has 6 heterocycles. The van der Waals surface area contributed by atoms with Crippen molar-refractivity contribution in [2.24, 2.45) is 50.2 Å². The van der Waals surface area contributed by atoms with Gasteiger partial charge in [-0.1, -0.05) is 53.2 Å². The normalized spacial score (nSPS) is 56.2. The van der Waals surface area contributed by atoms with Crippen molar-refractivity contribution in [3.05, 3.63) is 11.6 Å². The first kappa shape index (κ1) is 76.1. The van der Waals surface area contributed by atoms with Crippen LogP contribution in [0.1, 0.15) is 100 Å². The second-order valence-corrected chi connectivity index (χ2v) is 31.2. The summed E-state index contributed by atoms with van der Waals surface area (Å²) < 4.78 is 70.6. The Morgan fingerprint density at radius 2 is 1.02 bits per heavy atom. The molecule has 11 aliphatic rings. The van der Waals surface area contributed by atoms with Gasteiger partial charge >= 0.3 is 5.97 Å². The van der Waals surface area contributed by atoms with E-state index in [1.807, 2.05) is 34.6 Å². The Kier molecular flexibility index (Phi) is 22.1. The van der Waals surface area contributed by atoms with Crippen molar-refractivity contribution >= 4 is 5.97 Å². The highest BCUT2D eigenvalue weighted by Gasteiger charge is 2.75. The number of fused-ring (bicyclic) bond motifs is 7. The zero-order chi connectivity index (χ0) is 71.0. The second-order valence-electron chi connectivity index (χ2n) is 31.2. The smallest absolute Gasteiger partial charge is 0.317 e. The van der Waals surface area contributed by atoms with E-state index in [-0.39, 0.29) is 25.7 Å². The molecule has 558 valence electrons. The lowest BCUT2D eigenvalue weighted by molar-refractivity contribution is -0.377. The molecule has 33 heteroatoms. The molecule has 0 amide bonds. The molecular weight excluding hydrogens is 1300 g/mol. The van der Waals surface area contributed by atoms with Gasteiger partial charge in [-0.05, 0) is 92.3 Å². The number of hydrogen-bond acceptors (Lipinski definition) is 33. The quantitative estimate of drug-likeness (QED) is 0.0411. The fourth-order valence-corrected chi connectivity index (χ4v) is 19.2. The molecule has 0 aromatic heterocycles. The van der Waals surface area contributed by atoms with Gasteiger partial charge in [0.05, 0.1) is 69.7 Å². The maximum Gasteiger partial charge on any atom is 0.317 e. The number of rotatable bonds is 15. The van der Waals surface area contributed by atoms with Crippen LogP contribution in [0.4, 0.5) is 0 Å². The molecule has 0 bridgehead atoms.